The summed E-state index contributed by atoms with van der Waals surface area (Å²) in [5.41, 5.74) is 4.39. The van der Waals surface area contributed by atoms with Crippen molar-refractivity contribution in [3.05, 3.63) is 24.3 Å². The van der Waals surface area contributed by atoms with Crippen LogP contribution in [-0.4, -0.2) is 50.7 Å². The van der Waals surface area contributed by atoms with Gasteiger partial charge in [-0.25, -0.2) is 15.0 Å². The van der Waals surface area contributed by atoms with E-state index in [1.807, 2.05) is 61.9 Å². The van der Waals surface area contributed by atoms with Crippen LogP contribution in [0.15, 0.2) is 34.5 Å². The van der Waals surface area contributed by atoms with Gasteiger partial charge in [0.1, 0.15) is 5.69 Å². The summed E-state index contributed by atoms with van der Waals surface area (Å²) in [6.07, 6.45) is 0. The molecule has 0 aliphatic rings. The summed E-state index contributed by atoms with van der Waals surface area (Å²) in [6.45, 7) is 0. The van der Waals surface area contributed by atoms with Crippen LogP contribution in [0.5, 0.6) is 0 Å². The van der Waals surface area contributed by atoms with E-state index in [9.17, 15) is 25.2 Å². The van der Waals surface area contributed by atoms with Gasteiger partial charge < -0.3 is 4.84 Å². The SMILES string of the molecule is CN=Nc1ccccc1NOC(N(C)C)=[N+](C)C.F[P-](F)(F)(F)(F)F. The fraction of sp³-hybridized carbons (Fsp3) is 0.417. The zero-order valence-corrected chi connectivity index (χ0v) is 15.1. The molecule has 1 rings (SSSR count). The fourth-order valence-corrected chi connectivity index (χ4v) is 1.44. The van der Waals surface area contributed by atoms with Gasteiger partial charge in [0, 0.05) is 7.05 Å². The molecule has 13 heteroatoms. The van der Waals surface area contributed by atoms with Crippen molar-refractivity contribution in [2.75, 3.05) is 40.7 Å². The molecule has 146 valence electrons. The summed E-state index contributed by atoms with van der Waals surface area (Å²) < 4.78 is 61.1. The van der Waals surface area contributed by atoms with Crippen molar-refractivity contribution in [2.24, 2.45) is 10.2 Å². The number of nitrogens with zero attached hydrogens (tertiary/aromatic N) is 4. The summed E-state index contributed by atoms with van der Waals surface area (Å²) in [6, 6.07) is 8.25. The van der Waals surface area contributed by atoms with E-state index in [-0.39, 0.29) is 0 Å². The van der Waals surface area contributed by atoms with Crippen LogP contribution in [0.2, 0.25) is 0 Å². The van der Waals surface area contributed by atoms with E-state index in [2.05, 4.69) is 15.7 Å². The van der Waals surface area contributed by atoms with Gasteiger partial charge >= 0.3 is 39.0 Å². The molecule has 0 atom stereocenters. The van der Waals surface area contributed by atoms with Crippen molar-refractivity contribution in [2.45, 2.75) is 0 Å². The van der Waals surface area contributed by atoms with Gasteiger partial charge in [-0.2, -0.15) is 10.2 Å². The van der Waals surface area contributed by atoms with Crippen LogP contribution >= 0.6 is 7.81 Å². The first-order valence-electron chi connectivity index (χ1n) is 6.61. The normalized spacial score (nSPS) is 13.9. The number of benzene rings is 1. The zero-order chi connectivity index (χ0) is 20.0. The molecule has 1 N–H and O–H groups in total. The molecule has 0 saturated carbocycles. The Bertz CT molecular complexity index is 629. The van der Waals surface area contributed by atoms with Crippen molar-refractivity contribution in [1.82, 2.24) is 4.90 Å². The molecule has 0 amide bonds. The molecule has 6 nitrogen and oxygen atoms in total. The van der Waals surface area contributed by atoms with E-state index in [0.29, 0.717) is 6.02 Å². The first-order valence-corrected chi connectivity index (χ1v) is 8.64. The first-order chi connectivity index (χ1) is 11.0. The van der Waals surface area contributed by atoms with Crippen molar-refractivity contribution in [3.8, 4) is 0 Å². The maximum atomic E-state index is 9.87. The molecule has 0 bridgehead atoms. The average Bonchev–Trinajstić information content (AvgIpc) is 2.36. The molecular weight excluding hydrogens is 375 g/mol. The molecule has 0 aliphatic carbocycles. The Balaban J connectivity index is 0.000000697. The summed E-state index contributed by atoms with van der Waals surface area (Å²) in [7, 11) is -1.38. The van der Waals surface area contributed by atoms with E-state index < -0.39 is 7.81 Å². The molecule has 0 saturated heterocycles. The van der Waals surface area contributed by atoms with Crippen LogP contribution in [0.3, 0.4) is 0 Å². The fourth-order valence-electron chi connectivity index (χ4n) is 1.44. The molecule has 0 aliphatic heterocycles. The minimum atomic E-state index is -10.7. The Hall–Kier alpha value is -2.10. The zero-order valence-electron chi connectivity index (χ0n) is 14.2. The van der Waals surface area contributed by atoms with Crippen molar-refractivity contribution in [1.29, 1.82) is 0 Å². The number of hydrogen-bond acceptors (Lipinski definition) is 4. The van der Waals surface area contributed by atoms with E-state index >= 15 is 0 Å². The number of hydrogen-bond donors (Lipinski definition) is 1. The second-order valence-electron chi connectivity index (χ2n) is 5.05. The van der Waals surface area contributed by atoms with Crippen LogP contribution < -0.4 is 5.48 Å². The molecule has 0 unspecified atom stereocenters. The predicted octanol–water partition coefficient (Wildman–Crippen LogP) is 5.32. The quantitative estimate of drug-likeness (QED) is 0.143. The predicted molar refractivity (Wildman–Crippen MR) is 86.0 cm³/mol. The monoisotopic (exact) mass is 395 g/mol. The standard InChI is InChI=1S/C12H20N5O.F6P/c1-13-14-10-8-6-7-9-11(10)15-18-12(16(2)3)17(4)5;1-7(2,3,4,5)6/h6-9,15H,1-5H3;/q+1;-1. The molecule has 0 aromatic heterocycles. The third-order valence-electron chi connectivity index (χ3n) is 2.13. The molecule has 0 radical (unpaired) electrons. The third-order valence-corrected chi connectivity index (χ3v) is 2.13. The number of nitrogens with one attached hydrogen (secondary N) is 1. The summed E-state index contributed by atoms with van der Waals surface area (Å²) in [4.78, 5) is 7.43. The molecule has 1 aromatic carbocycles. The van der Waals surface area contributed by atoms with Gasteiger partial charge in [0.2, 0.25) is 0 Å². The van der Waals surface area contributed by atoms with Crippen molar-refractivity contribution in [3.63, 3.8) is 0 Å². The van der Waals surface area contributed by atoms with Crippen LogP contribution in [0.25, 0.3) is 0 Å². The molecule has 0 fully saturated rings. The number of azo groups is 1. The Kier molecular flexibility index (Phi) is 6.80. The van der Waals surface area contributed by atoms with Crippen LogP contribution in [0.1, 0.15) is 0 Å². The summed E-state index contributed by atoms with van der Waals surface area (Å²) in [5, 5.41) is 7.79. The molecular formula is C12H20F6N5OP. The molecule has 25 heavy (non-hydrogen) atoms. The van der Waals surface area contributed by atoms with Crippen LogP contribution in [-0.2, 0) is 4.84 Å². The summed E-state index contributed by atoms with van der Waals surface area (Å²) >= 11 is 0. The maximum absolute atomic E-state index is 10.7. The van der Waals surface area contributed by atoms with E-state index in [1.165, 1.54) is 0 Å². The number of para-hydroxylation sites is 1. The number of anilines is 1. The van der Waals surface area contributed by atoms with Gasteiger partial charge in [-0.1, -0.05) is 12.1 Å². The second kappa shape index (κ2) is 7.42. The minimum absolute atomic E-state index is 0.693. The van der Waals surface area contributed by atoms with E-state index in [1.54, 1.807) is 7.05 Å². The molecule has 1 aromatic rings. The topological polar surface area (TPSA) is 52.2 Å². The summed E-state index contributed by atoms with van der Waals surface area (Å²) in [5.74, 6) is 0. The van der Waals surface area contributed by atoms with Crippen LogP contribution in [0, 0.1) is 0 Å². The van der Waals surface area contributed by atoms with E-state index in [4.69, 9.17) is 4.84 Å². The Morgan fingerprint density at radius 3 is 1.96 bits per heavy atom. The Morgan fingerprint density at radius 2 is 1.56 bits per heavy atom. The van der Waals surface area contributed by atoms with Gasteiger partial charge in [0.15, 0.2) is 0 Å². The average molecular weight is 395 g/mol. The van der Waals surface area contributed by atoms with Gasteiger partial charge in [0.25, 0.3) is 0 Å². The number of rotatable bonds is 3. The van der Waals surface area contributed by atoms with Crippen molar-refractivity contribution >= 4 is 25.2 Å². The van der Waals surface area contributed by atoms with Crippen molar-refractivity contribution < 1.29 is 34.6 Å². The number of amidine groups is 1. The molecule has 0 heterocycles. The van der Waals surface area contributed by atoms with Crippen LogP contribution in [0.4, 0.5) is 36.6 Å². The van der Waals surface area contributed by atoms with Gasteiger partial charge in [-0.15, -0.1) is 0 Å². The van der Waals surface area contributed by atoms with Gasteiger partial charge in [0.05, 0.1) is 33.9 Å². The Labute approximate surface area is 141 Å². The first kappa shape index (κ1) is 22.9. The second-order valence-corrected chi connectivity index (χ2v) is 6.97. The van der Waals surface area contributed by atoms with E-state index in [0.717, 1.165) is 11.4 Å². The third kappa shape index (κ3) is 14.0. The molecule has 0 spiro atoms. The Morgan fingerprint density at radius 1 is 1.08 bits per heavy atom. The van der Waals surface area contributed by atoms with Gasteiger partial charge in [-0.3, -0.25) is 0 Å². The number of halogens is 6. The van der Waals surface area contributed by atoms with Gasteiger partial charge in [-0.05, 0) is 12.1 Å².